The highest BCUT2D eigenvalue weighted by atomic mass is 14.3. The molecule has 18 heavy (non-hydrogen) atoms. The molecule has 0 aliphatic rings. The number of nitriles is 2. The first kappa shape index (κ1) is 10.3. The van der Waals surface area contributed by atoms with E-state index in [2.05, 4.69) is 12.1 Å². The first-order valence-electron chi connectivity index (χ1n) is 5.60. The van der Waals surface area contributed by atoms with Crippen molar-refractivity contribution in [2.75, 3.05) is 0 Å². The van der Waals surface area contributed by atoms with Crippen LogP contribution in [-0.4, -0.2) is 0 Å². The van der Waals surface area contributed by atoms with Gasteiger partial charge in [-0.3, -0.25) is 0 Å². The highest BCUT2D eigenvalue weighted by Crippen LogP contribution is 2.30. The third-order valence-corrected chi connectivity index (χ3v) is 3.13. The molecule has 0 amide bonds. The summed E-state index contributed by atoms with van der Waals surface area (Å²) in [6.07, 6.45) is 0. The molecular weight excluding hydrogens is 220 g/mol. The Morgan fingerprint density at radius 1 is 0.611 bits per heavy atom. The van der Waals surface area contributed by atoms with Crippen LogP contribution in [0.2, 0.25) is 0 Å². The zero-order chi connectivity index (χ0) is 12.5. The van der Waals surface area contributed by atoms with Crippen molar-refractivity contribution in [1.82, 2.24) is 0 Å². The fourth-order valence-electron chi connectivity index (χ4n) is 2.34. The van der Waals surface area contributed by atoms with Crippen molar-refractivity contribution >= 4 is 21.5 Å². The molecule has 3 aromatic carbocycles. The number of nitrogens with zero attached hydrogens (tertiary/aromatic N) is 2. The maximum Gasteiger partial charge on any atom is 0.0998 e. The Kier molecular flexibility index (Phi) is 2.22. The van der Waals surface area contributed by atoms with Gasteiger partial charge in [0.25, 0.3) is 0 Å². The Morgan fingerprint density at radius 2 is 1.06 bits per heavy atom. The van der Waals surface area contributed by atoms with Gasteiger partial charge in [-0.1, -0.05) is 36.4 Å². The van der Waals surface area contributed by atoms with Gasteiger partial charge in [0.2, 0.25) is 0 Å². The van der Waals surface area contributed by atoms with E-state index in [1.807, 2.05) is 36.4 Å². The molecule has 0 fully saturated rings. The largest absolute Gasteiger partial charge is 0.192 e. The summed E-state index contributed by atoms with van der Waals surface area (Å²) in [5.74, 6) is 0. The first-order chi connectivity index (χ1) is 8.85. The minimum absolute atomic E-state index is 0.612. The molecule has 0 aliphatic heterocycles. The van der Waals surface area contributed by atoms with Gasteiger partial charge in [-0.2, -0.15) is 10.5 Å². The molecule has 0 saturated heterocycles. The average molecular weight is 228 g/mol. The normalized spacial score (nSPS) is 10.1. The van der Waals surface area contributed by atoms with Crippen LogP contribution in [0.1, 0.15) is 11.1 Å². The fraction of sp³-hybridized carbons (Fsp3) is 0. The van der Waals surface area contributed by atoms with Crippen molar-refractivity contribution in [3.8, 4) is 12.1 Å². The van der Waals surface area contributed by atoms with Crippen molar-refractivity contribution in [2.45, 2.75) is 0 Å². The van der Waals surface area contributed by atoms with Crippen molar-refractivity contribution < 1.29 is 0 Å². The molecule has 0 radical (unpaired) electrons. The minimum atomic E-state index is 0.612. The number of hydrogen-bond acceptors (Lipinski definition) is 2. The molecule has 0 bridgehead atoms. The van der Waals surface area contributed by atoms with E-state index >= 15 is 0 Å². The van der Waals surface area contributed by atoms with E-state index in [0.29, 0.717) is 11.1 Å². The van der Waals surface area contributed by atoms with E-state index < -0.39 is 0 Å². The van der Waals surface area contributed by atoms with Crippen molar-refractivity contribution in [2.24, 2.45) is 0 Å². The lowest BCUT2D eigenvalue weighted by atomic mass is 9.95. The maximum atomic E-state index is 9.23. The SMILES string of the molecule is N#Cc1cccc2ccc3cccc(C#N)c3c12. The summed E-state index contributed by atoms with van der Waals surface area (Å²) in [6.45, 7) is 0. The van der Waals surface area contributed by atoms with Gasteiger partial charge >= 0.3 is 0 Å². The molecule has 2 nitrogen and oxygen atoms in total. The van der Waals surface area contributed by atoms with Crippen LogP contribution in [-0.2, 0) is 0 Å². The first-order valence-corrected chi connectivity index (χ1v) is 5.60. The highest BCUT2D eigenvalue weighted by Gasteiger charge is 2.08. The predicted octanol–water partition coefficient (Wildman–Crippen LogP) is 3.74. The monoisotopic (exact) mass is 228 g/mol. The van der Waals surface area contributed by atoms with E-state index in [1.54, 1.807) is 12.1 Å². The van der Waals surface area contributed by atoms with E-state index in [4.69, 9.17) is 0 Å². The van der Waals surface area contributed by atoms with Crippen LogP contribution in [0.4, 0.5) is 0 Å². The third-order valence-electron chi connectivity index (χ3n) is 3.13. The van der Waals surface area contributed by atoms with E-state index in [1.165, 1.54) is 0 Å². The van der Waals surface area contributed by atoms with Crippen molar-refractivity contribution in [1.29, 1.82) is 10.5 Å². The Labute approximate surface area is 104 Å². The smallest absolute Gasteiger partial charge is 0.0998 e. The van der Waals surface area contributed by atoms with Gasteiger partial charge in [0.05, 0.1) is 23.3 Å². The lowest BCUT2D eigenvalue weighted by Gasteiger charge is -2.06. The average Bonchev–Trinajstić information content (AvgIpc) is 2.45. The molecule has 0 aliphatic carbocycles. The number of rotatable bonds is 0. The van der Waals surface area contributed by atoms with Gasteiger partial charge in [-0.05, 0) is 22.9 Å². The second-order valence-electron chi connectivity index (χ2n) is 4.10. The molecular formula is C16H8N2. The van der Waals surface area contributed by atoms with Gasteiger partial charge in [0.1, 0.15) is 0 Å². The Bertz CT molecular complexity index is 776. The van der Waals surface area contributed by atoms with E-state index in [-0.39, 0.29) is 0 Å². The zero-order valence-electron chi connectivity index (χ0n) is 9.51. The standard InChI is InChI=1S/C16H8N2/c17-9-13-5-1-3-11-7-8-12-4-2-6-14(10-18)16(12)15(11)13/h1-8H. The maximum absolute atomic E-state index is 9.23. The molecule has 2 heteroatoms. The Hall–Kier alpha value is -2.84. The summed E-state index contributed by atoms with van der Waals surface area (Å²) in [5.41, 5.74) is 1.22. The van der Waals surface area contributed by atoms with Crippen LogP contribution in [0, 0.1) is 22.7 Å². The van der Waals surface area contributed by atoms with Gasteiger partial charge < -0.3 is 0 Å². The quantitative estimate of drug-likeness (QED) is 0.550. The van der Waals surface area contributed by atoms with Crippen LogP contribution in [0.15, 0.2) is 48.5 Å². The predicted molar refractivity (Wildman–Crippen MR) is 70.9 cm³/mol. The van der Waals surface area contributed by atoms with Gasteiger partial charge in [-0.15, -0.1) is 0 Å². The summed E-state index contributed by atoms with van der Waals surface area (Å²) in [6, 6.07) is 19.6. The number of hydrogen-bond donors (Lipinski definition) is 0. The Morgan fingerprint density at radius 3 is 1.44 bits per heavy atom. The van der Waals surface area contributed by atoms with Crippen molar-refractivity contribution in [3.05, 3.63) is 59.7 Å². The molecule has 0 aromatic heterocycles. The van der Waals surface area contributed by atoms with E-state index in [0.717, 1.165) is 21.5 Å². The van der Waals surface area contributed by atoms with Crippen LogP contribution < -0.4 is 0 Å². The lowest BCUT2D eigenvalue weighted by Crippen LogP contribution is -1.86. The van der Waals surface area contributed by atoms with Crippen LogP contribution in [0.5, 0.6) is 0 Å². The summed E-state index contributed by atoms with van der Waals surface area (Å²) in [7, 11) is 0. The zero-order valence-corrected chi connectivity index (χ0v) is 9.51. The van der Waals surface area contributed by atoms with Gasteiger partial charge in [-0.25, -0.2) is 0 Å². The lowest BCUT2D eigenvalue weighted by molar-refractivity contribution is 1.50. The summed E-state index contributed by atoms with van der Waals surface area (Å²) < 4.78 is 0. The molecule has 3 rings (SSSR count). The van der Waals surface area contributed by atoms with Crippen molar-refractivity contribution in [3.63, 3.8) is 0 Å². The summed E-state index contributed by atoms with van der Waals surface area (Å²) in [5, 5.41) is 22.2. The molecule has 0 N–H and O–H groups in total. The molecule has 0 unspecified atom stereocenters. The third kappa shape index (κ3) is 1.34. The van der Waals surface area contributed by atoms with Crippen LogP contribution in [0.3, 0.4) is 0 Å². The van der Waals surface area contributed by atoms with Crippen LogP contribution in [0.25, 0.3) is 21.5 Å². The Balaban J connectivity index is 2.69. The van der Waals surface area contributed by atoms with E-state index in [9.17, 15) is 10.5 Å². The summed E-state index contributed by atoms with van der Waals surface area (Å²) >= 11 is 0. The second-order valence-corrected chi connectivity index (χ2v) is 4.10. The molecule has 0 atom stereocenters. The fourth-order valence-corrected chi connectivity index (χ4v) is 2.34. The topological polar surface area (TPSA) is 47.6 Å². The number of fused-ring (bicyclic) bond motifs is 3. The summed E-state index contributed by atoms with van der Waals surface area (Å²) in [4.78, 5) is 0. The molecule has 3 aromatic rings. The second kappa shape index (κ2) is 3.87. The molecule has 0 saturated carbocycles. The van der Waals surface area contributed by atoms with Gasteiger partial charge in [0.15, 0.2) is 0 Å². The molecule has 82 valence electrons. The molecule has 0 spiro atoms. The minimum Gasteiger partial charge on any atom is -0.192 e. The molecule has 0 heterocycles. The highest BCUT2D eigenvalue weighted by molar-refractivity contribution is 6.12. The van der Waals surface area contributed by atoms with Gasteiger partial charge in [0, 0.05) is 10.8 Å². The number of benzene rings is 3. The van der Waals surface area contributed by atoms with Crippen LogP contribution >= 0.6 is 0 Å².